The molecular weight excluding hydrogens is 427 g/mol. The van der Waals surface area contributed by atoms with Gasteiger partial charge in [-0.15, -0.1) is 0 Å². The van der Waals surface area contributed by atoms with Crippen LogP contribution in [0.15, 0.2) is 60.8 Å². The fraction of sp³-hybridized carbons (Fsp3) is 0.333. The van der Waals surface area contributed by atoms with Crippen LogP contribution < -0.4 is 5.73 Å². The minimum absolute atomic E-state index is 0.231. The van der Waals surface area contributed by atoms with Crippen LogP contribution in [0.4, 0.5) is 4.39 Å². The summed E-state index contributed by atoms with van der Waals surface area (Å²) >= 11 is 0. The maximum absolute atomic E-state index is 13.0. The lowest BCUT2D eigenvalue weighted by Gasteiger charge is -2.20. The van der Waals surface area contributed by atoms with Crippen molar-refractivity contribution in [3.8, 4) is 11.3 Å². The topological polar surface area (TPSA) is 89.2 Å². The van der Waals surface area contributed by atoms with Gasteiger partial charge < -0.3 is 5.73 Å². The maximum Gasteiger partial charge on any atom is 0.211 e. The number of halogens is 1. The van der Waals surface area contributed by atoms with E-state index in [1.54, 1.807) is 18.3 Å². The van der Waals surface area contributed by atoms with Crippen LogP contribution in [0.5, 0.6) is 0 Å². The molecule has 0 amide bonds. The molecule has 0 aliphatic heterocycles. The van der Waals surface area contributed by atoms with Gasteiger partial charge >= 0.3 is 0 Å². The van der Waals surface area contributed by atoms with E-state index in [4.69, 9.17) is 5.73 Å². The first-order chi connectivity index (χ1) is 15.3. The first kappa shape index (κ1) is 24.0. The zero-order valence-corrected chi connectivity index (χ0v) is 19.1. The van der Waals surface area contributed by atoms with Crippen LogP contribution in [-0.4, -0.2) is 42.0 Å². The van der Waals surface area contributed by atoms with Crippen molar-refractivity contribution in [2.45, 2.75) is 32.2 Å². The lowest BCUT2D eigenvalue weighted by atomic mass is 10.1. The Bertz CT molecular complexity index is 1120. The number of benzene rings is 2. The molecule has 0 saturated heterocycles. The highest BCUT2D eigenvalue weighted by Gasteiger charge is 2.16. The lowest BCUT2D eigenvalue weighted by Crippen LogP contribution is -2.31. The fourth-order valence-electron chi connectivity index (χ4n) is 3.44. The number of rotatable bonds is 11. The quantitative estimate of drug-likeness (QED) is 0.476. The molecule has 0 unspecified atom stereocenters. The Hall–Kier alpha value is -2.68. The molecule has 6 nitrogen and oxygen atoms in total. The summed E-state index contributed by atoms with van der Waals surface area (Å²) in [6.45, 7) is 1.13. The van der Waals surface area contributed by atoms with Gasteiger partial charge in [-0.1, -0.05) is 30.3 Å². The van der Waals surface area contributed by atoms with Gasteiger partial charge in [-0.05, 0) is 61.2 Å². The average molecular weight is 457 g/mol. The second-order valence-electron chi connectivity index (χ2n) is 7.78. The molecule has 3 rings (SSSR count). The Balaban J connectivity index is 1.68. The van der Waals surface area contributed by atoms with Gasteiger partial charge in [-0.3, -0.25) is 0 Å². The molecular formula is C24H29FN4O2S. The Labute approximate surface area is 189 Å². The first-order valence-corrected chi connectivity index (χ1v) is 12.5. The molecule has 0 fully saturated rings. The Morgan fingerprint density at radius 3 is 2.50 bits per heavy atom. The third-order valence-electron chi connectivity index (χ3n) is 5.15. The van der Waals surface area contributed by atoms with Gasteiger partial charge in [0.15, 0.2) is 0 Å². The standard InChI is InChI=1S/C24H29FN4O2S/c1-32(30,31)29(16-4-14-26)18-20-6-2-7-21(17-20)23-13-15-27-24(28-23)8-3-5-19-9-11-22(25)12-10-19/h2,6-7,9-13,15,17H,3-5,8,14,16,18,26H2,1H3. The van der Waals surface area contributed by atoms with Crippen LogP contribution in [0, 0.1) is 5.82 Å². The van der Waals surface area contributed by atoms with Crippen molar-refractivity contribution < 1.29 is 12.8 Å². The zero-order valence-electron chi connectivity index (χ0n) is 18.2. The van der Waals surface area contributed by atoms with Crippen LogP contribution in [0.1, 0.15) is 29.8 Å². The minimum atomic E-state index is -3.32. The molecule has 2 N–H and O–H groups in total. The molecule has 1 aromatic heterocycles. The van der Waals surface area contributed by atoms with Crippen molar-refractivity contribution in [2.75, 3.05) is 19.3 Å². The summed E-state index contributed by atoms with van der Waals surface area (Å²) in [7, 11) is -3.32. The minimum Gasteiger partial charge on any atom is -0.330 e. The van der Waals surface area contributed by atoms with Gasteiger partial charge in [0.25, 0.3) is 0 Å². The van der Waals surface area contributed by atoms with Gasteiger partial charge in [-0.25, -0.2) is 22.8 Å². The predicted octanol–water partition coefficient (Wildman–Crippen LogP) is 3.57. The summed E-state index contributed by atoms with van der Waals surface area (Å²) in [6, 6.07) is 16.1. The number of nitrogens with two attached hydrogens (primary N) is 1. The molecule has 2 aromatic carbocycles. The van der Waals surface area contributed by atoms with Crippen molar-refractivity contribution in [3.63, 3.8) is 0 Å². The van der Waals surface area contributed by atoms with E-state index in [2.05, 4.69) is 9.97 Å². The molecule has 0 atom stereocenters. The van der Waals surface area contributed by atoms with Crippen molar-refractivity contribution in [3.05, 3.63) is 83.6 Å². The molecule has 0 saturated carbocycles. The van der Waals surface area contributed by atoms with Gasteiger partial charge in [0.05, 0.1) is 11.9 Å². The highest BCUT2D eigenvalue weighted by molar-refractivity contribution is 7.88. The zero-order chi connectivity index (χ0) is 23.0. The largest absolute Gasteiger partial charge is 0.330 e. The number of hydrogen-bond donors (Lipinski definition) is 1. The smallest absolute Gasteiger partial charge is 0.211 e. The van der Waals surface area contributed by atoms with Gasteiger partial charge in [0.2, 0.25) is 10.0 Å². The maximum atomic E-state index is 13.0. The number of sulfonamides is 1. The SMILES string of the molecule is CS(=O)(=O)N(CCCN)Cc1cccc(-c2ccnc(CCCc3ccc(F)cc3)n2)c1. The Morgan fingerprint density at radius 1 is 1.00 bits per heavy atom. The summed E-state index contributed by atoms with van der Waals surface area (Å²) < 4.78 is 38.7. The fourth-order valence-corrected chi connectivity index (χ4v) is 4.29. The van der Waals surface area contributed by atoms with Crippen molar-refractivity contribution in [2.24, 2.45) is 5.73 Å². The summed E-state index contributed by atoms with van der Waals surface area (Å²) in [5.41, 5.74) is 9.24. The molecule has 32 heavy (non-hydrogen) atoms. The van der Waals surface area contributed by atoms with E-state index in [1.807, 2.05) is 30.3 Å². The number of aromatic nitrogens is 2. The third-order valence-corrected chi connectivity index (χ3v) is 6.40. The van der Waals surface area contributed by atoms with Gasteiger partial charge in [-0.2, -0.15) is 4.31 Å². The molecule has 0 aliphatic carbocycles. The lowest BCUT2D eigenvalue weighted by molar-refractivity contribution is 0.405. The third kappa shape index (κ3) is 7.19. The number of aryl methyl sites for hydroxylation is 2. The molecule has 1 heterocycles. The van der Waals surface area contributed by atoms with E-state index in [9.17, 15) is 12.8 Å². The van der Waals surface area contributed by atoms with Gasteiger partial charge in [0.1, 0.15) is 11.6 Å². The van der Waals surface area contributed by atoms with E-state index in [-0.39, 0.29) is 5.82 Å². The van der Waals surface area contributed by atoms with Crippen LogP contribution in [-0.2, 0) is 29.4 Å². The molecule has 8 heteroatoms. The normalized spacial score (nSPS) is 11.8. The van der Waals surface area contributed by atoms with Crippen LogP contribution in [0.25, 0.3) is 11.3 Å². The molecule has 0 radical (unpaired) electrons. The molecule has 170 valence electrons. The van der Waals surface area contributed by atoms with Gasteiger partial charge in [0, 0.05) is 31.3 Å². The summed E-state index contributed by atoms with van der Waals surface area (Å²) in [4.78, 5) is 9.06. The van der Waals surface area contributed by atoms with Crippen molar-refractivity contribution in [1.82, 2.24) is 14.3 Å². The van der Waals surface area contributed by atoms with E-state index in [1.165, 1.54) is 22.7 Å². The van der Waals surface area contributed by atoms with Crippen LogP contribution in [0.3, 0.4) is 0 Å². The van der Waals surface area contributed by atoms with E-state index in [0.717, 1.165) is 41.1 Å². The van der Waals surface area contributed by atoms with Crippen LogP contribution >= 0.6 is 0 Å². The Kier molecular flexibility index (Phi) is 8.44. The van der Waals surface area contributed by atoms with E-state index >= 15 is 0 Å². The Morgan fingerprint density at radius 2 is 1.78 bits per heavy atom. The van der Waals surface area contributed by atoms with Crippen LogP contribution in [0.2, 0.25) is 0 Å². The predicted molar refractivity (Wildman–Crippen MR) is 125 cm³/mol. The van der Waals surface area contributed by atoms with Crippen molar-refractivity contribution >= 4 is 10.0 Å². The first-order valence-electron chi connectivity index (χ1n) is 10.7. The highest BCUT2D eigenvalue weighted by Crippen LogP contribution is 2.20. The molecule has 0 bridgehead atoms. The molecule has 0 spiro atoms. The summed E-state index contributed by atoms with van der Waals surface area (Å²) in [6.07, 6.45) is 5.97. The summed E-state index contributed by atoms with van der Waals surface area (Å²) in [5, 5.41) is 0. The van der Waals surface area contributed by atoms with E-state index in [0.29, 0.717) is 32.5 Å². The van der Waals surface area contributed by atoms with E-state index < -0.39 is 10.0 Å². The second kappa shape index (κ2) is 11.3. The second-order valence-corrected chi connectivity index (χ2v) is 9.76. The van der Waals surface area contributed by atoms with Crippen molar-refractivity contribution in [1.29, 1.82) is 0 Å². The number of nitrogens with zero attached hydrogens (tertiary/aromatic N) is 3. The molecule has 3 aromatic rings. The average Bonchev–Trinajstić information content (AvgIpc) is 2.78. The highest BCUT2D eigenvalue weighted by atomic mass is 32.2. The summed E-state index contributed by atoms with van der Waals surface area (Å²) in [5.74, 6) is 0.516. The monoisotopic (exact) mass is 456 g/mol. The number of hydrogen-bond acceptors (Lipinski definition) is 5. The molecule has 0 aliphatic rings.